The summed E-state index contributed by atoms with van der Waals surface area (Å²) in [6.45, 7) is 2.55. The van der Waals surface area contributed by atoms with Crippen LogP contribution in [0.15, 0.2) is 12.1 Å². The number of halogens is 2. The Hall–Kier alpha value is -0.640. The molecule has 94 valence electrons. The summed E-state index contributed by atoms with van der Waals surface area (Å²) in [5.74, 6) is -0.236. The molecule has 0 aromatic heterocycles. The van der Waals surface area contributed by atoms with Crippen LogP contribution in [0.2, 0.25) is 5.02 Å². The van der Waals surface area contributed by atoms with E-state index in [-0.39, 0.29) is 17.3 Å². The highest BCUT2D eigenvalue weighted by atomic mass is 35.5. The number of hydrogen-bond acceptors (Lipinski definition) is 2. The molecular formula is C13H18ClFN2. The quantitative estimate of drug-likeness (QED) is 0.869. The van der Waals surface area contributed by atoms with Gasteiger partial charge in [0.2, 0.25) is 0 Å². The van der Waals surface area contributed by atoms with Crippen LogP contribution in [0.5, 0.6) is 0 Å². The minimum atomic E-state index is -0.236. The second kappa shape index (κ2) is 4.56. The SMILES string of the molecule is CNCC1(C(N)c2cc(F)c(C)cc2Cl)CC1. The predicted molar refractivity (Wildman–Crippen MR) is 68.7 cm³/mol. The molecule has 0 aliphatic heterocycles. The zero-order valence-electron chi connectivity index (χ0n) is 10.2. The van der Waals surface area contributed by atoms with Gasteiger partial charge in [0.05, 0.1) is 0 Å². The number of rotatable bonds is 4. The fraction of sp³-hybridized carbons (Fsp3) is 0.538. The van der Waals surface area contributed by atoms with Crippen LogP contribution in [0.3, 0.4) is 0 Å². The van der Waals surface area contributed by atoms with E-state index in [2.05, 4.69) is 5.32 Å². The summed E-state index contributed by atoms with van der Waals surface area (Å²) in [5, 5.41) is 3.72. The smallest absolute Gasteiger partial charge is 0.126 e. The first-order valence-corrected chi connectivity index (χ1v) is 6.24. The molecule has 17 heavy (non-hydrogen) atoms. The van der Waals surface area contributed by atoms with E-state index < -0.39 is 0 Å². The number of hydrogen-bond donors (Lipinski definition) is 2. The molecule has 1 aliphatic carbocycles. The van der Waals surface area contributed by atoms with Crippen molar-refractivity contribution in [3.8, 4) is 0 Å². The van der Waals surface area contributed by atoms with E-state index in [1.165, 1.54) is 6.07 Å². The Morgan fingerprint density at radius 1 is 1.53 bits per heavy atom. The standard InChI is InChI=1S/C13H18ClFN2/c1-8-5-10(14)9(6-11(8)15)12(16)13(3-4-13)7-17-2/h5-6,12,17H,3-4,7,16H2,1-2H3. The van der Waals surface area contributed by atoms with E-state index in [0.717, 1.165) is 24.9 Å². The first kappa shape index (κ1) is 12.8. The van der Waals surface area contributed by atoms with Gasteiger partial charge in [-0.15, -0.1) is 0 Å². The van der Waals surface area contributed by atoms with E-state index in [0.29, 0.717) is 10.6 Å². The van der Waals surface area contributed by atoms with Crippen molar-refractivity contribution in [1.29, 1.82) is 0 Å². The molecule has 1 unspecified atom stereocenters. The van der Waals surface area contributed by atoms with Gasteiger partial charge < -0.3 is 11.1 Å². The number of aryl methyl sites for hydroxylation is 1. The van der Waals surface area contributed by atoms with Gasteiger partial charge in [0.1, 0.15) is 5.82 Å². The summed E-state index contributed by atoms with van der Waals surface area (Å²) in [7, 11) is 1.91. The average molecular weight is 257 g/mol. The lowest BCUT2D eigenvalue weighted by Gasteiger charge is -2.24. The van der Waals surface area contributed by atoms with Crippen molar-refractivity contribution in [3.05, 3.63) is 34.1 Å². The molecule has 1 fully saturated rings. The van der Waals surface area contributed by atoms with Crippen molar-refractivity contribution in [2.45, 2.75) is 25.8 Å². The second-order valence-electron chi connectivity index (χ2n) is 4.99. The second-order valence-corrected chi connectivity index (χ2v) is 5.40. The maximum atomic E-state index is 13.6. The van der Waals surface area contributed by atoms with Gasteiger partial charge in [-0.3, -0.25) is 0 Å². The molecule has 1 aromatic carbocycles. The molecule has 2 nitrogen and oxygen atoms in total. The van der Waals surface area contributed by atoms with Crippen molar-refractivity contribution in [2.75, 3.05) is 13.6 Å². The molecule has 1 saturated carbocycles. The number of nitrogens with one attached hydrogen (secondary N) is 1. The van der Waals surface area contributed by atoms with Gasteiger partial charge in [0, 0.05) is 23.0 Å². The number of benzene rings is 1. The Bertz CT molecular complexity index is 430. The van der Waals surface area contributed by atoms with Crippen LogP contribution in [0.25, 0.3) is 0 Å². The van der Waals surface area contributed by atoms with Crippen LogP contribution in [-0.4, -0.2) is 13.6 Å². The summed E-state index contributed by atoms with van der Waals surface area (Å²) in [6, 6.07) is 2.94. The van der Waals surface area contributed by atoms with Crippen molar-refractivity contribution < 1.29 is 4.39 Å². The average Bonchev–Trinajstić information content (AvgIpc) is 3.04. The molecule has 0 saturated heterocycles. The van der Waals surface area contributed by atoms with Crippen LogP contribution < -0.4 is 11.1 Å². The van der Waals surface area contributed by atoms with E-state index in [9.17, 15) is 4.39 Å². The molecule has 3 N–H and O–H groups in total. The third-order valence-corrected chi connectivity index (χ3v) is 4.02. The van der Waals surface area contributed by atoms with Gasteiger partial charge in [0.25, 0.3) is 0 Å². The van der Waals surface area contributed by atoms with Gasteiger partial charge in [-0.05, 0) is 50.1 Å². The molecule has 0 amide bonds. The Morgan fingerprint density at radius 3 is 2.71 bits per heavy atom. The fourth-order valence-corrected chi connectivity index (χ4v) is 2.68. The molecule has 4 heteroatoms. The van der Waals surface area contributed by atoms with Gasteiger partial charge in [-0.25, -0.2) is 4.39 Å². The third-order valence-electron chi connectivity index (χ3n) is 3.69. The molecule has 0 bridgehead atoms. The van der Waals surface area contributed by atoms with Crippen LogP contribution in [0.4, 0.5) is 4.39 Å². The molecule has 2 rings (SSSR count). The highest BCUT2D eigenvalue weighted by molar-refractivity contribution is 6.31. The van der Waals surface area contributed by atoms with E-state index in [1.807, 2.05) is 7.05 Å². The predicted octanol–water partition coefficient (Wildman–Crippen LogP) is 2.79. The Balaban J connectivity index is 2.31. The Morgan fingerprint density at radius 2 is 2.18 bits per heavy atom. The number of nitrogens with two attached hydrogens (primary N) is 1. The third kappa shape index (κ3) is 2.32. The summed E-state index contributed by atoms with van der Waals surface area (Å²) < 4.78 is 13.6. The highest BCUT2D eigenvalue weighted by Gasteiger charge is 2.48. The zero-order valence-corrected chi connectivity index (χ0v) is 10.9. The van der Waals surface area contributed by atoms with E-state index >= 15 is 0 Å². The van der Waals surface area contributed by atoms with Crippen molar-refractivity contribution in [3.63, 3.8) is 0 Å². The van der Waals surface area contributed by atoms with Crippen LogP contribution in [-0.2, 0) is 0 Å². The lowest BCUT2D eigenvalue weighted by atomic mass is 9.90. The maximum absolute atomic E-state index is 13.6. The first-order chi connectivity index (χ1) is 8.00. The molecule has 0 heterocycles. The minimum Gasteiger partial charge on any atom is -0.323 e. The molecular weight excluding hydrogens is 239 g/mol. The fourth-order valence-electron chi connectivity index (χ4n) is 2.34. The lowest BCUT2D eigenvalue weighted by Crippen LogP contribution is -2.31. The minimum absolute atomic E-state index is 0.0556. The Labute approximate surface area is 106 Å². The summed E-state index contributed by atoms with van der Waals surface area (Å²) >= 11 is 6.16. The maximum Gasteiger partial charge on any atom is 0.126 e. The van der Waals surface area contributed by atoms with Gasteiger partial charge in [-0.2, -0.15) is 0 Å². The molecule has 1 aliphatic rings. The monoisotopic (exact) mass is 256 g/mol. The lowest BCUT2D eigenvalue weighted by molar-refractivity contribution is 0.391. The van der Waals surface area contributed by atoms with Crippen LogP contribution in [0.1, 0.15) is 30.0 Å². The van der Waals surface area contributed by atoms with Crippen LogP contribution >= 0.6 is 11.6 Å². The highest BCUT2D eigenvalue weighted by Crippen LogP contribution is 2.54. The van der Waals surface area contributed by atoms with Gasteiger partial charge in [-0.1, -0.05) is 11.6 Å². The normalized spacial score (nSPS) is 19.1. The first-order valence-electron chi connectivity index (χ1n) is 5.86. The van der Waals surface area contributed by atoms with Crippen LogP contribution in [0, 0.1) is 18.2 Å². The van der Waals surface area contributed by atoms with Crippen molar-refractivity contribution >= 4 is 11.6 Å². The van der Waals surface area contributed by atoms with Crippen molar-refractivity contribution in [2.24, 2.45) is 11.1 Å². The molecule has 0 radical (unpaired) electrons. The largest absolute Gasteiger partial charge is 0.323 e. The topological polar surface area (TPSA) is 38.0 Å². The van der Waals surface area contributed by atoms with E-state index in [4.69, 9.17) is 17.3 Å². The molecule has 1 aromatic rings. The summed E-state index contributed by atoms with van der Waals surface area (Å²) in [5.41, 5.74) is 7.59. The van der Waals surface area contributed by atoms with Gasteiger partial charge in [0.15, 0.2) is 0 Å². The summed E-state index contributed by atoms with van der Waals surface area (Å²) in [4.78, 5) is 0. The zero-order chi connectivity index (χ0) is 12.6. The molecule has 1 atom stereocenters. The summed E-state index contributed by atoms with van der Waals surface area (Å²) in [6.07, 6.45) is 2.14. The van der Waals surface area contributed by atoms with Gasteiger partial charge >= 0.3 is 0 Å². The van der Waals surface area contributed by atoms with Crippen molar-refractivity contribution in [1.82, 2.24) is 5.32 Å². The Kier molecular flexibility index (Phi) is 3.43. The molecule has 0 spiro atoms. The van der Waals surface area contributed by atoms with E-state index in [1.54, 1.807) is 13.0 Å².